The van der Waals surface area contributed by atoms with E-state index >= 15 is 0 Å². The fourth-order valence-electron chi connectivity index (χ4n) is 3.22. The number of methoxy groups -OCH3 is 1. The monoisotopic (exact) mass is 270 g/mol. The van der Waals surface area contributed by atoms with Crippen LogP contribution < -0.4 is 11.1 Å². The molecule has 4 unspecified atom stereocenters. The van der Waals surface area contributed by atoms with Gasteiger partial charge in [0.25, 0.3) is 0 Å². The van der Waals surface area contributed by atoms with Crippen LogP contribution >= 0.6 is 0 Å². The molecule has 0 aromatic rings. The molecule has 0 aromatic heterocycles. The Bertz CT molecular complexity index is 306. The number of hydrogen-bond acceptors (Lipinski definition) is 4. The van der Waals surface area contributed by atoms with Crippen LogP contribution in [0.2, 0.25) is 0 Å². The molecule has 1 amide bonds. The van der Waals surface area contributed by atoms with E-state index in [-0.39, 0.29) is 23.5 Å². The molecule has 1 aliphatic heterocycles. The van der Waals surface area contributed by atoms with Gasteiger partial charge in [-0.3, -0.25) is 4.79 Å². The third-order valence-electron chi connectivity index (χ3n) is 4.43. The van der Waals surface area contributed by atoms with Crippen LogP contribution in [0.1, 0.15) is 32.6 Å². The van der Waals surface area contributed by atoms with E-state index in [1.54, 1.807) is 7.11 Å². The fraction of sp³-hybridized carbons (Fsp3) is 0.929. The Morgan fingerprint density at radius 2 is 2.26 bits per heavy atom. The average molecular weight is 270 g/mol. The molecule has 0 spiro atoms. The highest BCUT2D eigenvalue weighted by atomic mass is 16.5. The number of nitrogens with two attached hydrogens (primary N) is 1. The second kappa shape index (κ2) is 6.20. The van der Waals surface area contributed by atoms with E-state index in [1.165, 1.54) is 0 Å². The standard InChI is InChI=1S/C14H26N2O3/c1-10-5-11(7-12(15)6-10)13(17)16-8-14(18-2)3-4-19-9-14/h10-12H,3-9,15H2,1-2H3,(H,16,17). The van der Waals surface area contributed by atoms with E-state index in [0.29, 0.717) is 25.7 Å². The number of nitrogens with one attached hydrogen (secondary N) is 1. The normalized spacial score (nSPS) is 39.2. The van der Waals surface area contributed by atoms with Gasteiger partial charge in [0.05, 0.1) is 6.61 Å². The lowest BCUT2D eigenvalue weighted by Crippen LogP contribution is -2.48. The van der Waals surface area contributed by atoms with Crippen LogP contribution in [0.15, 0.2) is 0 Å². The first kappa shape index (κ1) is 14.8. The van der Waals surface area contributed by atoms with Crippen LogP contribution in [0.4, 0.5) is 0 Å². The summed E-state index contributed by atoms with van der Waals surface area (Å²) in [5.74, 6) is 0.700. The molecule has 5 nitrogen and oxygen atoms in total. The summed E-state index contributed by atoms with van der Waals surface area (Å²) in [5.41, 5.74) is 5.66. The third kappa shape index (κ3) is 3.68. The van der Waals surface area contributed by atoms with Gasteiger partial charge >= 0.3 is 0 Å². The third-order valence-corrected chi connectivity index (χ3v) is 4.43. The number of carbonyl (C=O) groups is 1. The molecule has 19 heavy (non-hydrogen) atoms. The van der Waals surface area contributed by atoms with Crippen LogP contribution in [0.5, 0.6) is 0 Å². The zero-order valence-corrected chi connectivity index (χ0v) is 12.0. The fourth-order valence-corrected chi connectivity index (χ4v) is 3.22. The van der Waals surface area contributed by atoms with E-state index in [2.05, 4.69) is 12.2 Å². The van der Waals surface area contributed by atoms with Crippen molar-refractivity contribution in [2.75, 3.05) is 26.9 Å². The molecule has 1 aliphatic carbocycles. The molecule has 1 saturated carbocycles. The van der Waals surface area contributed by atoms with Gasteiger partial charge in [0.1, 0.15) is 5.60 Å². The molecule has 4 atom stereocenters. The highest BCUT2D eigenvalue weighted by Crippen LogP contribution is 2.28. The molecule has 3 N–H and O–H groups in total. The number of ether oxygens (including phenoxy) is 2. The summed E-state index contributed by atoms with van der Waals surface area (Å²) < 4.78 is 10.9. The maximum Gasteiger partial charge on any atom is 0.223 e. The molecule has 5 heteroatoms. The Morgan fingerprint density at radius 1 is 1.47 bits per heavy atom. The smallest absolute Gasteiger partial charge is 0.223 e. The molecule has 1 heterocycles. The van der Waals surface area contributed by atoms with Crippen LogP contribution in [0.25, 0.3) is 0 Å². The second-order valence-corrected chi connectivity index (χ2v) is 6.18. The van der Waals surface area contributed by atoms with Gasteiger partial charge in [0.15, 0.2) is 0 Å². The number of hydrogen-bond donors (Lipinski definition) is 2. The largest absolute Gasteiger partial charge is 0.378 e. The molecule has 0 radical (unpaired) electrons. The first-order chi connectivity index (χ1) is 9.04. The van der Waals surface area contributed by atoms with E-state index < -0.39 is 0 Å². The minimum atomic E-state index is -0.335. The van der Waals surface area contributed by atoms with Gasteiger partial charge in [-0.05, 0) is 25.2 Å². The van der Waals surface area contributed by atoms with E-state index in [4.69, 9.17) is 15.2 Å². The first-order valence-electron chi connectivity index (χ1n) is 7.21. The second-order valence-electron chi connectivity index (χ2n) is 6.18. The Labute approximate surface area is 115 Å². The molecule has 2 aliphatic rings. The lowest BCUT2D eigenvalue weighted by molar-refractivity contribution is -0.128. The van der Waals surface area contributed by atoms with E-state index in [9.17, 15) is 4.79 Å². The van der Waals surface area contributed by atoms with Crippen molar-refractivity contribution in [2.45, 2.75) is 44.2 Å². The van der Waals surface area contributed by atoms with Gasteiger partial charge in [-0.2, -0.15) is 0 Å². The summed E-state index contributed by atoms with van der Waals surface area (Å²) in [6.45, 7) is 3.96. The van der Waals surface area contributed by atoms with E-state index in [1.807, 2.05) is 0 Å². The van der Waals surface area contributed by atoms with Crippen molar-refractivity contribution >= 4 is 5.91 Å². The SMILES string of the molecule is COC1(CNC(=O)C2CC(C)CC(N)C2)CCOC1. The Hall–Kier alpha value is -0.650. The summed E-state index contributed by atoms with van der Waals surface area (Å²) in [6, 6.07) is 0.158. The van der Waals surface area contributed by atoms with Crippen molar-refractivity contribution in [3.63, 3.8) is 0 Å². The number of rotatable bonds is 4. The van der Waals surface area contributed by atoms with E-state index in [0.717, 1.165) is 25.7 Å². The molecule has 2 rings (SSSR count). The zero-order chi connectivity index (χ0) is 13.9. The molecule has 2 fully saturated rings. The highest BCUT2D eigenvalue weighted by Gasteiger charge is 2.36. The maximum absolute atomic E-state index is 12.2. The topological polar surface area (TPSA) is 73.6 Å². The van der Waals surface area contributed by atoms with Gasteiger partial charge in [-0.15, -0.1) is 0 Å². The van der Waals surface area contributed by atoms with Gasteiger partial charge in [0.2, 0.25) is 5.91 Å². The minimum Gasteiger partial charge on any atom is -0.378 e. The summed E-state index contributed by atoms with van der Waals surface area (Å²) in [5, 5.41) is 3.03. The lowest BCUT2D eigenvalue weighted by Gasteiger charge is -2.32. The summed E-state index contributed by atoms with van der Waals surface area (Å²) in [4.78, 5) is 12.2. The van der Waals surface area contributed by atoms with Gasteiger partial charge in [-0.25, -0.2) is 0 Å². The minimum absolute atomic E-state index is 0.0509. The Balaban J connectivity index is 1.83. The predicted octanol–water partition coefficient (Wildman–Crippen LogP) is 0.672. The summed E-state index contributed by atoms with van der Waals surface area (Å²) >= 11 is 0. The predicted molar refractivity (Wildman–Crippen MR) is 72.7 cm³/mol. The van der Waals surface area contributed by atoms with Gasteiger partial charge in [0, 0.05) is 38.6 Å². The zero-order valence-electron chi connectivity index (χ0n) is 12.0. The molecular formula is C14H26N2O3. The van der Waals surface area contributed by atoms with Crippen LogP contribution in [0, 0.1) is 11.8 Å². The first-order valence-corrected chi connectivity index (χ1v) is 7.21. The van der Waals surface area contributed by atoms with Gasteiger partial charge in [-0.1, -0.05) is 6.92 Å². The molecule has 1 saturated heterocycles. The lowest BCUT2D eigenvalue weighted by atomic mass is 9.79. The van der Waals surface area contributed by atoms with Crippen molar-refractivity contribution < 1.29 is 14.3 Å². The summed E-state index contributed by atoms with van der Waals surface area (Å²) in [6.07, 6.45) is 3.60. The average Bonchev–Trinajstić information content (AvgIpc) is 2.84. The van der Waals surface area contributed by atoms with Crippen LogP contribution in [-0.2, 0) is 14.3 Å². The van der Waals surface area contributed by atoms with Crippen molar-refractivity contribution in [1.82, 2.24) is 5.32 Å². The molecular weight excluding hydrogens is 244 g/mol. The summed E-state index contributed by atoms with van der Waals surface area (Å²) in [7, 11) is 1.68. The van der Waals surface area contributed by atoms with Gasteiger partial charge < -0.3 is 20.5 Å². The number of carbonyl (C=O) groups excluding carboxylic acids is 1. The van der Waals surface area contributed by atoms with Crippen LogP contribution in [0.3, 0.4) is 0 Å². The van der Waals surface area contributed by atoms with Crippen molar-refractivity contribution in [1.29, 1.82) is 0 Å². The highest BCUT2D eigenvalue weighted by molar-refractivity contribution is 5.78. The Kier molecular flexibility index (Phi) is 4.81. The molecule has 0 bridgehead atoms. The molecule has 110 valence electrons. The Morgan fingerprint density at radius 3 is 2.84 bits per heavy atom. The van der Waals surface area contributed by atoms with Crippen molar-refractivity contribution in [3.05, 3.63) is 0 Å². The maximum atomic E-state index is 12.2. The van der Waals surface area contributed by atoms with Crippen molar-refractivity contribution in [3.8, 4) is 0 Å². The van der Waals surface area contributed by atoms with Crippen molar-refractivity contribution in [2.24, 2.45) is 17.6 Å². The quantitative estimate of drug-likeness (QED) is 0.787. The van der Waals surface area contributed by atoms with Crippen LogP contribution in [-0.4, -0.2) is 44.4 Å². The number of amides is 1. The molecule has 0 aromatic carbocycles.